The number of nitrogens with zero attached hydrogens (tertiary/aromatic N) is 1. The van der Waals surface area contributed by atoms with Gasteiger partial charge in [0.1, 0.15) is 5.82 Å². The van der Waals surface area contributed by atoms with Gasteiger partial charge in [0.05, 0.1) is 5.51 Å². The van der Waals surface area contributed by atoms with Crippen molar-refractivity contribution in [2.45, 2.75) is 13.8 Å². The molecule has 2 aromatic rings. The zero-order valence-electron chi connectivity index (χ0n) is 11.7. The van der Waals surface area contributed by atoms with Crippen molar-refractivity contribution < 1.29 is 13.9 Å². The van der Waals surface area contributed by atoms with Crippen LogP contribution < -0.4 is 15.4 Å². The number of hydrogen-bond acceptors (Lipinski definition) is 5. The molecule has 2 N–H and O–H groups in total. The van der Waals surface area contributed by atoms with Gasteiger partial charge in [-0.3, -0.25) is 5.32 Å². The lowest BCUT2D eigenvalue weighted by Crippen LogP contribution is -2.18. The van der Waals surface area contributed by atoms with Crippen molar-refractivity contribution in [3.63, 3.8) is 0 Å². The van der Waals surface area contributed by atoms with Crippen LogP contribution in [0.15, 0.2) is 29.8 Å². The van der Waals surface area contributed by atoms with E-state index in [9.17, 15) is 9.18 Å². The standard InChI is InChI=1S/C14H16FN3O2S/c1-9(2)7-16-13-12(17-8-21-13)20-14(19)18-11-5-3-4-10(15)6-11/h3-6,8-9,16H,7H2,1-2H3,(H,18,19). The van der Waals surface area contributed by atoms with Gasteiger partial charge in [0.25, 0.3) is 5.88 Å². The molecule has 0 aliphatic heterocycles. The van der Waals surface area contributed by atoms with Gasteiger partial charge in [-0.1, -0.05) is 19.9 Å². The van der Waals surface area contributed by atoms with E-state index >= 15 is 0 Å². The molecule has 0 radical (unpaired) electrons. The van der Waals surface area contributed by atoms with Crippen LogP contribution in [0.1, 0.15) is 13.8 Å². The van der Waals surface area contributed by atoms with Crippen molar-refractivity contribution in [1.82, 2.24) is 4.98 Å². The molecule has 1 aromatic heterocycles. The molecular weight excluding hydrogens is 293 g/mol. The average molecular weight is 309 g/mol. The summed E-state index contributed by atoms with van der Waals surface area (Å²) in [4.78, 5) is 15.8. The highest BCUT2D eigenvalue weighted by atomic mass is 32.1. The first kappa shape index (κ1) is 15.2. The maximum atomic E-state index is 13.0. The fourth-order valence-corrected chi connectivity index (χ4v) is 2.14. The molecular formula is C14H16FN3O2S. The molecule has 5 nitrogen and oxygen atoms in total. The first-order valence-electron chi connectivity index (χ1n) is 6.46. The number of anilines is 2. The predicted octanol–water partition coefficient (Wildman–Crippen LogP) is 3.96. The Bertz CT molecular complexity index is 616. The number of amides is 1. The molecule has 7 heteroatoms. The molecule has 2 rings (SSSR count). The van der Waals surface area contributed by atoms with Crippen LogP contribution in [0.25, 0.3) is 0 Å². The summed E-state index contributed by atoms with van der Waals surface area (Å²) in [6.07, 6.45) is -0.709. The minimum atomic E-state index is -0.709. The van der Waals surface area contributed by atoms with Crippen LogP contribution in [0.4, 0.5) is 19.9 Å². The highest BCUT2D eigenvalue weighted by Crippen LogP contribution is 2.28. The van der Waals surface area contributed by atoms with Gasteiger partial charge < -0.3 is 10.1 Å². The van der Waals surface area contributed by atoms with E-state index in [1.54, 1.807) is 11.6 Å². The van der Waals surface area contributed by atoms with E-state index in [0.29, 0.717) is 16.6 Å². The summed E-state index contributed by atoms with van der Waals surface area (Å²) < 4.78 is 18.1. The summed E-state index contributed by atoms with van der Waals surface area (Å²) in [5.41, 5.74) is 1.92. The minimum absolute atomic E-state index is 0.217. The molecule has 0 unspecified atom stereocenters. The highest BCUT2D eigenvalue weighted by Gasteiger charge is 2.13. The van der Waals surface area contributed by atoms with E-state index in [4.69, 9.17) is 4.74 Å². The Hall–Kier alpha value is -2.15. The Morgan fingerprint density at radius 1 is 1.48 bits per heavy atom. The van der Waals surface area contributed by atoms with Gasteiger partial charge in [-0.15, -0.1) is 11.3 Å². The Morgan fingerprint density at radius 2 is 2.29 bits per heavy atom. The van der Waals surface area contributed by atoms with E-state index < -0.39 is 11.9 Å². The Kier molecular flexibility index (Phi) is 5.10. The third-order valence-corrected chi connectivity index (χ3v) is 3.23. The minimum Gasteiger partial charge on any atom is -0.388 e. The summed E-state index contributed by atoms with van der Waals surface area (Å²) in [5, 5.41) is 6.30. The summed E-state index contributed by atoms with van der Waals surface area (Å²) in [5.74, 6) is 0.247. The molecule has 0 fully saturated rings. The quantitative estimate of drug-likeness (QED) is 0.877. The van der Waals surface area contributed by atoms with Gasteiger partial charge in [0.15, 0.2) is 5.00 Å². The van der Waals surface area contributed by atoms with Crippen LogP contribution in [-0.2, 0) is 0 Å². The van der Waals surface area contributed by atoms with Gasteiger partial charge >= 0.3 is 6.09 Å². The molecule has 0 spiro atoms. The van der Waals surface area contributed by atoms with Crippen LogP contribution in [0.2, 0.25) is 0 Å². The topological polar surface area (TPSA) is 63.3 Å². The van der Waals surface area contributed by atoms with E-state index in [2.05, 4.69) is 29.5 Å². The molecule has 0 aliphatic rings. The van der Waals surface area contributed by atoms with Gasteiger partial charge in [-0.25, -0.2) is 14.2 Å². The number of halogens is 1. The lowest BCUT2D eigenvalue weighted by atomic mass is 10.2. The fraction of sp³-hybridized carbons (Fsp3) is 0.286. The van der Waals surface area contributed by atoms with Crippen molar-refractivity contribution in [3.05, 3.63) is 35.6 Å². The lowest BCUT2D eigenvalue weighted by Gasteiger charge is -2.09. The van der Waals surface area contributed by atoms with Gasteiger partial charge in [0, 0.05) is 12.2 Å². The number of aromatic nitrogens is 1. The number of carbonyl (C=O) groups is 1. The number of benzene rings is 1. The fourth-order valence-electron chi connectivity index (χ4n) is 1.52. The first-order valence-corrected chi connectivity index (χ1v) is 7.34. The second-order valence-corrected chi connectivity index (χ2v) is 5.64. The molecule has 0 atom stereocenters. The van der Waals surface area contributed by atoms with Gasteiger partial charge in [-0.05, 0) is 24.1 Å². The van der Waals surface area contributed by atoms with Crippen LogP contribution >= 0.6 is 11.3 Å². The third kappa shape index (κ3) is 4.71. The van der Waals surface area contributed by atoms with Crippen molar-refractivity contribution in [3.8, 4) is 5.88 Å². The Labute approximate surface area is 126 Å². The molecule has 1 amide bonds. The number of carbonyl (C=O) groups excluding carboxylic acids is 1. The lowest BCUT2D eigenvalue weighted by molar-refractivity contribution is 0.214. The smallest absolute Gasteiger partial charge is 0.388 e. The zero-order valence-corrected chi connectivity index (χ0v) is 12.5. The SMILES string of the molecule is CC(C)CNc1scnc1OC(=O)Nc1cccc(F)c1. The molecule has 1 heterocycles. The second kappa shape index (κ2) is 7.03. The molecule has 21 heavy (non-hydrogen) atoms. The number of nitrogens with one attached hydrogen (secondary N) is 2. The summed E-state index contributed by atoms with van der Waals surface area (Å²) in [6.45, 7) is 4.90. The van der Waals surface area contributed by atoms with E-state index in [-0.39, 0.29) is 5.88 Å². The van der Waals surface area contributed by atoms with Crippen molar-refractivity contribution in [1.29, 1.82) is 0 Å². The van der Waals surface area contributed by atoms with E-state index in [1.807, 2.05) is 0 Å². The van der Waals surface area contributed by atoms with Gasteiger partial charge in [0.2, 0.25) is 0 Å². The largest absolute Gasteiger partial charge is 0.418 e. The Balaban J connectivity index is 1.95. The monoisotopic (exact) mass is 309 g/mol. The third-order valence-electron chi connectivity index (χ3n) is 2.47. The summed E-state index contributed by atoms with van der Waals surface area (Å²) >= 11 is 1.36. The van der Waals surface area contributed by atoms with Crippen LogP contribution in [0, 0.1) is 11.7 Å². The number of rotatable bonds is 5. The molecule has 0 saturated carbocycles. The highest BCUT2D eigenvalue weighted by molar-refractivity contribution is 7.14. The Morgan fingerprint density at radius 3 is 3.00 bits per heavy atom. The molecule has 0 saturated heterocycles. The van der Waals surface area contributed by atoms with Gasteiger partial charge in [-0.2, -0.15) is 0 Å². The van der Waals surface area contributed by atoms with E-state index in [1.165, 1.54) is 29.5 Å². The van der Waals surface area contributed by atoms with Crippen LogP contribution in [-0.4, -0.2) is 17.6 Å². The van der Waals surface area contributed by atoms with Crippen LogP contribution in [0.3, 0.4) is 0 Å². The van der Waals surface area contributed by atoms with Crippen LogP contribution in [0.5, 0.6) is 5.88 Å². The zero-order chi connectivity index (χ0) is 15.2. The second-order valence-electron chi connectivity index (χ2n) is 4.79. The maximum absolute atomic E-state index is 13.0. The van der Waals surface area contributed by atoms with E-state index in [0.717, 1.165) is 6.54 Å². The average Bonchev–Trinajstić information content (AvgIpc) is 2.83. The number of ether oxygens (including phenoxy) is 1. The van der Waals surface area contributed by atoms with Crippen molar-refractivity contribution in [2.24, 2.45) is 5.92 Å². The molecule has 112 valence electrons. The summed E-state index contributed by atoms with van der Waals surface area (Å²) in [7, 11) is 0. The number of hydrogen-bond donors (Lipinski definition) is 2. The van der Waals surface area contributed by atoms with Crippen molar-refractivity contribution >= 4 is 28.1 Å². The van der Waals surface area contributed by atoms with Crippen molar-refractivity contribution in [2.75, 3.05) is 17.2 Å². The first-order chi connectivity index (χ1) is 10.0. The predicted molar refractivity (Wildman–Crippen MR) is 81.5 cm³/mol. The molecule has 0 bridgehead atoms. The normalized spacial score (nSPS) is 10.5. The summed E-state index contributed by atoms with van der Waals surface area (Å²) in [6, 6.07) is 5.58. The molecule has 0 aliphatic carbocycles. The number of thiazole rings is 1. The maximum Gasteiger partial charge on any atom is 0.418 e. The molecule has 1 aromatic carbocycles.